The van der Waals surface area contributed by atoms with Crippen LogP contribution in [0.25, 0.3) is 33.7 Å². The van der Waals surface area contributed by atoms with Crippen molar-refractivity contribution in [3.63, 3.8) is 0 Å². The third kappa shape index (κ3) is 4.64. The van der Waals surface area contributed by atoms with E-state index in [1.54, 1.807) is 26.0 Å². The molecule has 1 heterocycles. The van der Waals surface area contributed by atoms with Crippen molar-refractivity contribution in [2.75, 3.05) is 13.2 Å². The van der Waals surface area contributed by atoms with Crippen LogP contribution in [0, 0.1) is 0 Å². The number of esters is 2. The van der Waals surface area contributed by atoms with E-state index in [4.69, 9.17) is 18.6 Å². The lowest BCUT2D eigenvalue weighted by Gasteiger charge is -2.26. The first-order valence-electron chi connectivity index (χ1n) is 11.0. The molecule has 0 bridgehead atoms. The maximum Gasteiger partial charge on any atom is 0.362 e. The fourth-order valence-electron chi connectivity index (χ4n) is 3.46. The Morgan fingerprint density at radius 2 is 1.32 bits per heavy atom. The first-order chi connectivity index (χ1) is 16.4. The van der Waals surface area contributed by atoms with Gasteiger partial charge in [0.25, 0.3) is 5.60 Å². The molecule has 174 valence electrons. The maximum absolute atomic E-state index is 12.4. The van der Waals surface area contributed by atoms with Gasteiger partial charge in [-0.1, -0.05) is 36.4 Å². The molecular formula is C27H25NO6. The predicted molar refractivity (Wildman–Crippen MR) is 127 cm³/mol. The molecule has 7 nitrogen and oxygen atoms in total. The van der Waals surface area contributed by atoms with Gasteiger partial charge < -0.3 is 18.6 Å². The van der Waals surface area contributed by atoms with E-state index in [0.29, 0.717) is 11.6 Å². The average Bonchev–Trinajstić information content (AvgIpc) is 3.29. The van der Waals surface area contributed by atoms with E-state index >= 15 is 0 Å². The van der Waals surface area contributed by atoms with Crippen LogP contribution in [0.4, 0.5) is 0 Å². The summed E-state index contributed by atoms with van der Waals surface area (Å²) in [5.74, 6) is -0.691. The Hall–Kier alpha value is -4.13. The van der Waals surface area contributed by atoms with E-state index in [2.05, 4.69) is 4.98 Å². The number of hydrogen-bond acceptors (Lipinski definition) is 7. The standard InChI is InChI=1S/C27H25NO6/c1-4-31-25(29)27(3,26(30)32-5-2)34-21-16-14-19(15-17-21)18-10-12-20(13-11-18)24-28-22-8-6-7-9-23(22)33-24/h6-17H,4-5H2,1-3H3. The number of fused-ring (bicyclic) bond motifs is 1. The second-order valence-corrected chi connectivity index (χ2v) is 7.66. The maximum atomic E-state index is 12.4. The van der Waals surface area contributed by atoms with Crippen LogP contribution in [0.5, 0.6) is 5.75 Å². The van der Waals surface area contributed by atoms with Gasteiger partial charge in [0.1, 0.15) is 11.3 Å². The lowest BCUT2D eigenvalue weighted by atomic mass is 10.0. The van der Waals surface area contributed by atoms with Crippen LogP contribution in [0.1, 0.15) is 20.8 Å². The molecule has 0 aliphatic rings. The molecule has 0 N–H and O–H groups in total. The number of carbonyl (C=O) groups excluding carboxylic acids is 2. The van der Waals surface area contributed by atoms with Crippen molar-refractivity contribution in [3.8, 4) is 28.3 Å². The molecule has 0 aliphatic heterocycles. The molecule has 3 aromatic carbocycles. The van der Waals surface area contributed by atoms with Gasteiger partial charge in [0.05, 0.1) is 13.2 Å². The molecule has 0 fully saturated rings. The van der Waals surface area contributed by atoms with Crippen molar-refractivity contribution in [2.45, 2.75) is 26.4 Å². The normalized spacial score (nSPS) is 11.3. The van der Waals surface area contributed by atoms with Crippen molar-refractivity contribution in [2.24, 2.45) is 0 Å². The second kappa shape index (κ2) is 9.79. The molecular weight excluding hydrogens is 434 g/mol. The molecule has 0 aliphatic carbocycles. The average molecular weight is 459 g/mol. The first kappa shape index (κ1) is 23.0. The van der Waals surface area contributed by atoms with Crippen LogP contribution in [0.3, 0.4) is 0 Å². The molecule has 0 atom stereocenters. The highest BCUT2D eigenvalue weighted by Gasteiger charge is 2.47. The number of rotatable bonds is 8. The van der Waals surface area contributed by atoms with Crippen LogP contribution in [0.15, 0.2) is 77.2 Å². The number of aromatic nitrogens is 1. The summed E-state index contributed by atoms with van der Waals surface area (Å²) in [6, 6.07) is 22.6. The minimum Gasteiger partial charge on any atom is -0.464 e. The third-order valence-electron chi connectivity index (χ3n) is 5.27. The summed E-state index contributed by atoms with van der Waals surface area (Å²) >= 11 is 0. The highest BCUT2D eigenvalue weighted by Crippen LogP contribution is 2.29. The van der Waals surface area contributed by atoms with Gasteiger partial charge in [-0.2, -0.15) is 0 Å². The minimum atomic E-state index is -1.89. The molecule has 7 heteroatoms. The first-order valence-corrected chi connectivity index (χ1v) is 11.0. The van der Waals surface area contributed by atoms with Crippen molar-refractivity contribution in [1.29, 1.82) is 0 Å². The quantitative estimate of drug-likeness (QED) is 0.257. The summed E-state index contributed by atoms with van der Waals surface area (Å²) < 4.78 is 21.6. The topological polar surface area (TPSA) is 87.9 Å². The van der Waals surface area contributed by atoms with Crippen LogP contribution < -0.4 is 4.74 Å². The molecule has 0 amide bonds. The zero-order chi connectivity index (χ0) is 24.1. The van der Waals surface area contributed by atoms with Gasteiger partial charge >= 0.3 is 11.9 Å². The fraction of sp³-hybridized carbons (Fsp3) is 0.222. The monoisotopic (exact) mass is 459 g/mol. The van der Waals surface area contributed by atoms with E-state index in [9.17, 15) is 9.59 Å². The zero-order valence-corrected chi connectivity index (χ0v) is 19.2. The van der Waals surface area contributed by atoms with Crippen LogP contribution in [0.2, 0.25) is 0 Å². The zero-order valence-electron chi connectivity index (χ0n) is 19.2. The van der Waals surface area contributed by atoms with E-state index in [-0.39, 0.29) is 13.2 Å². The Labute approximate surface area is 197 Å². The Morgan fingerprint density at radius 3 is 1.88 bits per heavy atom. The van der Waals surface area contributed by atoms with E-state index in [1.165, 1.54) is 6.92 Å². The summed E-state index contributed by atoms with van der Waals surface area (Å²) in [6.07, 6.45) is 0. The lowest BCUT2D eigenvalue weighted by Crippen LogP contribution is -2.51. The van der Waals surface area contributed by atoms with Gasteiger partial charge in [-0.3, -0.25) is 0 Å². The number of hydrogen-bond donors (Lipinski definition) is 0. The predicted octanol–water partition coefficient (Wildman–Crippen LogP) is 5.43. The number of oxazole rings is 1. The van der Waals surface area contributed by atoms with Crippen molar-refractivity contribution < 1.29 is 28.2 Å². The number of carbonyl (C=O) groups is 2. The van der Waals surface area contributed by atoms with Gasteiger partial charge in [0.15, 0.2) is 5.58 Å². The second-order valence-electron chi connectivity index (χ2n) is 7.66. The van der Waals surface area contributed by atoms with Crippen LogP contribution in [-0.4, -0.2) is 35.7 Å². The highest BCUT2D eigenvalue weighted by molar-refractivity contribution is 6.03. The van der Waals surface area contributed by atoms with Crippen LogP contribution >= 0.6 is 0 Å². The van der Waals surface area contributed by atoms with Gasteiger partial charge in [-0.05, 0) is 68.3 Å². The third-order valence-corrected chi connectivity index (χ3v) is 5.27. The van der Waals surface area contributed by atoms with Crippen molar-refractivity contribution in [1.82, 2.24) is 4.98 Å². The largest absolute Gasteiger partial charge is 0.464 e. The van der Waals surface area contributed by atoms with Crippen molar-refractivity contribution in [3.05, 3.63) is 72.8 Å². The molecule has 0 saturated heterocycles. The summed E-state index contributed by atoms with van der Waals surface area (Å²) in [7, 11) is 0. The summed E-state index contributed by atoms with van der Waals surface area (Å²) in [4.78, 5) is 29.4. The Morgan fingerprint density at radius 1 is 0.794 bits per heavy atom. The molecule has 0 saturated carbocycles. The van der Waals surface area contributed by atoms with Gasteiger partial charge in [0, 0.05) is 5.56 Å². The Bertz CT molecular complexity index is 1240. The van der Waals surface area contributed by atoms with Gasteiger partial charge in [-0.25, -0.2) is 14.6 Å². The fourth-order valence-corrected chi connectivity index (χ4v) is 3.46. The highest BCUT2D eigenvalue weighted by atomic mass is 16.6. The van der Waals surface area contributed by atoms with Gasteiger partial charge in [0.2, 0.25) is 5.89 Å². The van der Waals surface area contributed by atoms with Crippen molar-refractivity contribution >= 4 is 23.0 Å². The molecule has 0 unspecified atom stereocenters. The number of ether oxygens (including phenoxy) is 3. The van der Waals surface area contributed by atoms with E-state index in [0.717, 1.165) is 27.8 Å². The molecule has 0 radical (unpaired) electrons. The smallest absolute Gasteiger partial charge is 0.362 e. The molecule has 4 aromatic rings. The van der Waals surface area contributed by atoms with E-state index < -0.39 is 17.5 Å². The lowest BCUT2D eigenvalue weighted by molar-refractivity contribution is -0.177. The van der Waals surface area contributed by atoms with Crippen LogP contribution in [-0.2, 0) is 19.1 Å². The Balaban J connectivity index is 1.52. The van der Waals surface area contributed by atoms with E-state index in [1.807, 2.05) is 60.7 Å². The summed E-state index contributed by atoms with van der Waals surface area (Å²) in [6.45, 7) is 4.91. The SMILES string of the molecule is CCOC(=O)C(C)(Oc1ccc(-c2ccc(-c3nc4ccccc4o3)cc2)cc1)C(=O)OCC. The summed E-state index contributed by atoms with van der Waals surface area (Å²) in [5.41, 5.74) is 2.45. The molecule has 1 aromatic heterocycles. The molecule has 0 spiro atoms. The molecule has 4 rings (SSSR count). The number of benzene rings is 3. The molecule has 34 heavy (non-hydrogen) atoms. The number of para-hydroxylation sites is 2. The van der Waals surface area contributed by atoms with Gasteiger partial charge in [-0.15, -0.1) is 0 Å². The number of nitrogens with zero attached hydrogens (tertiary/aromatic N) is 1. The minimum absolute atomic E-state index is 0.121. The summed E-state index contributed by atoms with van der Waals surface area (Å²) in [5, 5.41) is 0. The Kier molecular flexibility index (Phi) is 6.63.